The summed E-state index contributed by atoms with van der Waals surface area (Å²) in [5.74, 6) is 0.369. The molecule has 0 aromatic heterocycles. The van der Waals surface area contributed by atoms with Crippen LogP contribution in [0.3, 0.4) is 0 Å². The molecule has 0 radical (unpaired) electrons. The van der Waals surface area contributed by atoms with Gasteiger partial charge in [-0.15, -0.1) is 6.58 Å². The standard InChI is InChI=1S/C25H26NOP/c1-3-25(2)19-23(25)24(20-13-7-4-8-14-20)26-28(27,21-15-9-5-10-16-21)22-17-11-6-12-18-22/h3-18,23-24H,1,19H2,2H3,(H,26,27)/t23?,24?,25-/m1/s1. The number of nitrogens with one attached hydrogen (secondary N) is 1. The lowest BCUT2D eigenvalue weighted by Gasteiger charge is -2.28. The summed E-state index contributed by atoms with van der Waals surface area (Å²) in [6, 6.07) is 29.9. The minimum atomic E-state index is -3.01. The smallest absolute Gasteiger partial charge is 0.205 e. The largest absolute Gasteiger partial charge is 0.297 e. The Hall–Kier alpha value is -2.41. The van der Waals surface area contributed by atoms with Gasteiger partial charge in [0.15, 0.2) is 0 Å². The molecule has 1 aliphatic carbocycles. The van der Waals surface area contributed by atoms with E-state index in [0.29, 0.717) is 5.92 Å². The van der Waals surface area contributed by atoms with E-state index in [0.717, 1.165) is 17.0 Å². The fourth-order valence-electron chi connectivity index (χ4n) is 3.98. The van der Waals surface area contributed by atoms with Crippen molar-refractivity contribution in [3.63, 3.8) is 0 Å². The van der Waals surface area contributed by atoms with Gasteiger partial charge in [0.05, 0.1) is 0 Å². The van der Waals surface area contributed by atoms with Gasteiger partial charge in [-0.1, -0.05) is 79.7 Å². The molecule has 0 amide bonds. The number of benzene rings is 3. The van der Waals surface area contributed by atoms with Gasteiger partial charge in [-0.05, 0) is 47.6 Å². The highest BCUT2D eigenvalue weighted by Crippen LogP contribution is 2.61. The Balaban J connectivity index is 1.80. The normalized spacial score (nSPS) is 22.4. The van der Waals surface area contributed by atoms with Crippen LogP contribution in [0.5, 0.6) is 0 Å². The van der Waals surface area contributed by atoms with Crippen LogP contribution in [-0.4, -0.2) is 0 Å². The molecular formula is C25H26NOP. The molecule has 0 aliphatic heterocycles. The fourth-order valence-corrected chi connectivity index (χ4v) is 6.48. The van der Waals surface area contributed by atoms with Crippen molar-refractivity contribution in [3.05, 3.63) is 109 Å². The molecule has 4 rings (SSSR count). The van der Waals surface area contributed by atoms with Gasteiger partial charge in [-0.3, -0.25) is 9.65 Å². The monoisotopic (exact) mass is 387 g/mol. The van der Waals surface area contributed by atoms with Gasteiger partial charge in [-0.25, -0.2) is 0 Å². The minimum Gasteiger partial charge on any atom is -0.297 e. The van der Waals surface area contributed by atoms with E-state index in [1.165, 1.54) is 5.56 Å². The molecule has 1 N–H and O–H groups in total. The third-order valence-corrected chi connectivity index (χ3v) is 8.63. The minimum absolute atomic E-state index is 0.00422. The quantitative estimate of drug-likeness (QED) is 0.431. The number of hydrogen-bond acceptors (Lipinski definition) is 1. The number of rotatable bonds is 7. The first kappa shape index (κ1) is 18.9. The lowest BCUT2D eigenvalue weighted by atomic mass is 9.97. The molecule has 3 aromatic carbocycles. The van der Waals surface area contributed by atoms with Crippen molar-refractivity contribution < 1.29 is 4.57 Å². The van der Waals surface area contributed by atoms with E-state index in [2.05, 4.69) is 30.7 Å². The average molecular weight is 387 g/mol. The molecule has 3 aromatic rings. The Kier molecular flexibility index (Phi) is 5.10. The maximum Gasteiger partial charge on any atom is 0.205 e. The van der Waals surface area contributed by atoms with Gasteiger partial charge >= 0.3 is 0 Å². The van der Waals surface area contributed by atoms with Crippen LogP contribution in [0.4, 0.5) is 0 Å². The second-order valence-electron chi connectivity index (χ2n) is 7.82. The van der Waals surface area contributed by atoms with E-state index in [4.69, 9.17) is 0 Å². The van der Waals surface area contributed by atoms with Gasteiger partial charge < -0.3 is 0 Å². The summed E-state index contributed by atoms with van der Waals surface area (Å²) >= 11 is 0. The molecule has 3 heteroatoms. The van der Waals surface area contributed by atoms with E-state index in [9.17, 15) is 4.57 Å². The van der Waals surface area contributed by atoms with Crippen LogP contribution in [0.25, 0.3) is 0 Å². The Labute approximate surface area is 167 Å². The van der Waals surface area contributed by atoms with Crippen LogP contribution >= 0.6 is 7.29 Å². The van der Waals surface area contributed by atoms with Crippen LogP contribution in [0.1, 0.15) is 24.9 Å². The van der Waals surface area contributed by atoms with Crippen LogP contribution in [0, 0.1) is 11.3 Å². The van der Waals surface area contributed by atoms with Crippen molar-refractivity contribution in [2.24, 2.45) is 11.3 Å². The summed E-state index contributed by atoms with van der Waals surface area (Å²) in [7, 11) is -3.01. The summed E-state index contributed by atoms with van der Waals surface area (Å²) in [6.07, 6.45) is 3.10. The molecular weight excluding hydrogens is 361 g/mol. The molecule has 2 unspecified atom stereocenters. The SMILES string of the molecule is C=C[C@]1(C)CC1C(NP(=O)(c1ccccc1)c1ccccc1)c1ccccc1. The molecule has 1 saturated carbocycles. The van der Waals surface area contributed by atoms with Gasteiger partial charge in [0.25, 0.3) is 0 Å². The van der Waals surface area contributed by atoms with E-state index in [1.54, 1.807) is 0 Å². The Morgan fingerprint density at radius 2 is 1.39 bits per heavy atom. The van der Waals surface area contributed by atoms with Crippen molar-refractivity contribution in [3.8, 4) is 0 Å². The Morgan fingerprint density at radius 3 is 1.82 bits per heavy atom. The van der Waals surface area contributed by atoms with E-state index in [1.807, 2.05) is 84.9 Å². The van der Waals surface area contributed by atoms with Gasteiger partial charge in [0.1, 0.15) is 0 Å². The van der Waals surface area contributed by atoms with Crippen LogP contribution < -0.4 is 15.7 Å². The lowest BCUT2D eigenvalue weighted by Crippen LogP contribution is -2.32. The third kappa shape index (κ3) is 3.51. The summed E-state index contributed by atoms with van der Waals surface area (Å²) in [5.41, 5.74) is 1.25. The highest BCUT2D eigenvalue weighted by Gasteiger charge is 2.53. The molecule has 0 bridgehead atoms. The summed E-state index contributed by atoms with van der Waals surface area (Å²) in [6.45, 7) is 6.27. The number of allylic oxidation sites excluding steroid dienone is 1. The average Bonchev–Trinajstić information content (AvgIpc) is 3.45. The maximum atomic E-state index is 14.5. The van der Waals surface area contributed by atoms with E-state index < -0.39 is 7.29 Å². The molecule has 0 saturated heterocycles. The van der Waals surface area contributed by atoms with Crippen molar-refractivity contribution in [1.82, 2.24) is 5.09 Å². The second-order valence-corrected chi connectivity index (χ2v) is 10.3. The first-order valence-electron chi connectivity index (χ1n) is 9.74. The van der Waals surface area contributed by atoms with Crippen molar-refractivity contribution in [2.45, 2.75) is 19.4 Å². The van der Waals surface area contributed by atoms with Gasteiger partial charge in [0, 0.05) is 16.7 Å². The molecule has 0 spiro atoms. The van der Waals surface area contributed by atoms with Crippen LogP contribution in [-0.2, 0) is 4.57 Å². The Morgan fingerprint density at radius 1 is 0.929 bits per heavy atom. The zero-order valence-electron chi connectivity index (χ0n) is 16.2. The molecule has 28 heavy (non-hydrogen) atoms. The van der Waals surface area contributed by atoms with Crippen molar-refractivity contribution in [2.75, 3.05) is 0 Å². The molecule has 2 nitrogen and oxygen atoms in total. The van der Waals surface area contributed by atoms with Gasteiger partial charge in [0.2, 0.25) is 7.29 Å². The van der Waals surface area contributed by atoms with Crippen LogP contribution in [0.2, 0.25) is 0 Å². The summed E-state index contributed by atoms with van der Waals surface area (Å²) < 4.78 is 14.5. The third-order valence-electron chi connectivity index (χ3n) is 5.93. The first-order valence-corrected chi connectivity index (χ1v) is 11.5. The zero-order chi connectivity index (χ0) is 19.6. The first-order chi connectivity index (χ1) is 13.6. The molecule has 0 heterocycles. The van der Waals surface area contributed by atoms with Crippen LogP contribution in [0.15, 0.2) is 104 Å². The van der Waals surface area contributed by atoms with Crippen molar-refractivity contribution in [1.29, 1.82) is 0 Å². The highest BCUT2D eigenvalue weighted by atomic mass is 31.2. The second kappa shape index (κ2) is 7.54. The van der Waals surface area contributed by atoms with Gasteiger partial charge in [-0.2, -0.15) is 0 Å². The summed E-state index contributed by atoms with van der Waals surface area (Å²) in [4.78, 5) is 0. The van der Waals surface area contributed by atoms with E-state index >= 15 is 0 Å². The maximum absolute atomic E-state index is 14.5. The highest BCUT2D eigenvalue weighted by molar-refractivity contribution is 7.76. The van der Waals surface area contributed by atoms with Crippen molar-refractivity contribution >= 4 is 17.9 Å². The molecule has 142 valence electrons. The fraction of sp³-hybridized carbons (Fsp3) is 0.200. The number of hydrogen-bond donors (Lipinski definition) is 1. The molecule has 1 fully saturated rings. The zero-order valence-corrected chi connectivity index (χ0v) is 17.1. The summed E-state index contributed by atoms with van der Waals surface area (Å²) in [5, 5.41) is 5.31. The van der Waals surface area contributed by atoms with E-state index in [-0.39, 0.29) is 11.5 Å². The molecule has 1 aliphatic rings. The predicted octanol–water partition coefficient (Wildman–Crippen LogP) is 5.46. The molecule has 3 atom stereocenters. The Bertz CT molecular complexity index is 943. The topological polar surface area (TPSA) is 29.1 Å². The predicted molar refractivity (Wildman–Crippen MR) is 118 cm³/mol. The lowest BCUT2D eigenvalue weighted by molar-refractivity contribution is 0.488.